The molecule has 1 fully saturated rings. The second kappa shape index (κ2) is 6.22. The molecule has 0 aromatic carbocycles. The third kappa shape index (κ3) is 3.10. The molecular formula is C15H19NO3S. The summed E-state index contributed by atoms with van der Waals surface area (Å²) in [6.07, 6.45) is 5.72. The summed E-state index contributed by atoms with van der Waals surface area (Å²) in [6.45, 7) is 4.20. The van der Waals surface area contributed by atoms with Crippen LogP contribution in [0.5, 0.6) is 0 Å². The van der Waals surface area contributed by atoms with Gasteiger partial charge in [0.05, 0.1) is 4.88 Å². The molecule has 2 rings (SSSR count). The van der Waals surface area contributed by atoms with Crippen LogP contribution in [0, 0.1) is 0 Å². The van der Waals surface area contributed by atoms with Crippen LogP contribution in [0.15, 0.2) is 18.2 Å². The first-order valence-electron chi connectivity index (χ1n) is 6.86. The Morgan fingerprint density at radius 3 is 2.85 bits per heavy atom. The fraction of sp³-hybridized carbons (Fsp3) is 0.467. The molecule has 2 heterocycles. The van der Waals surface area contributed by atoms with E-state index in [1.165, 1.54) is 17.4 Å². The van der Waals surface area contributed by atoms with Crippen molar-refractivity contribution in [2.45, 2.75) is 45.2 Å². The summed E-state index contributed by atoms with van der Waals surface area (Å²) in [5.41, 5.74) is 0. The molecule has 1 N–H and O–H groups in total. The first kappa shape index (κ1) is 14.8. The van der Waals surface area contributed by atoms with Gasteiger partial charge in [-0.25, -0.2) is 4.79 Å². The normalized spacial score (nSPS) is 22.6. The van der Waals surface area contributed by atoms with Gasteiger partial charge < -0.3 is 10.0 Å². The number of amides is 1. The molecule has 1 saturated heterocycles. The number of aliphatic carboxylic acids is 1. The van der Waals surface area contributed by atoms with Crippen LogP contribution in [0.2, 0.25) is 0 Å². The molecule has 0 bridgehead atoms. The second-order valence-corrected chi connectivity index (χ2v) is 6.19. The molecule has 1 aliphatic heterocycles. The third-order valence-corrected chi connectivity index (χ3v) is 4.76. The predicted octanol–water partition coefficient (Wildman–Crippen LogP) is 3.25. The number of nitrogens with zero attached hydrogens (tertiary/aromatic N) is 1. The number of hydrogen-bond acceptors (Lipinski definition) is 3. The van der Waals surface area contributed by atoms with E-state index >= 15 is 0 Å². The summed E-state index contributed by atoms with van der Waals surface area (Å²) in [7, 11) is 0. The molecule has 0 saturated carbocycles. The standard InChI is InChI=1S/C15H19NO3S/c1-3-11-5-4-10(2)16(11)15(19)13-8-6-12(20-13)7-9-14(17)18/h6-11H,3-5H2,1-2H3,(H,17,18)/b9-7+. The molecule has 0 spiro atoms. The number of carbonyl (C=O) groups excluding carboxylic acids is 1. The summed E-state index contributed by atoms with van der Waals surface area (Å²) in [5, 5.41) is 8.61. The van der Waals surface area contributed by atoms with E-state index in [1.807, 2.05) is 4.90 Å². The third-order valence-electron chi connectivity index (χ3n) is 3.72. The van der Waals surface area contributed by atoms with Gasteiger partial charge in [-0.05, 0) is 44.4 Å². The van der Waals surface area contributed by atoms with E-state index < -0.39 is 5.97 Å². The predicted molar refractivity (Wildman–Crippen MR) is 79.9 cm³/mol. The molecule has 1 aliphatic rings. The monoisotopic (exact) mass is 293 g/mol. The number of thiophene rings is 1. The van der Waals surface area contributed by atoms with Crippen molar-refractivity contribution in [2.24, 2.45) is 0 Å². The Morgan fingerprint density at radius 1 is 1.45 bits per heavy atom. The van der Waals surface area contributed by atoms with Crippen molar-refractivity contribution < 1.29 is 14.7 Å². The highest BCUT2D eigenvalue weighted by molar-refractivity contribution is 7.14. The molecule has 2 unspecified atom stereocenters. The van der Waals surface area contributed by atoms with Gasteiger partial charge >= 0.3 is 5.97 Å². The molecule has 0 aliphatic carbocycles. The first-order chi connectivity index (χ1) is 9.52. The lowest BCUT2D eigenvalue weighted by molar-refractivity contribution is -0.131. The Balaban J connectivity index is 2.15. The summed E-state index contributed by atoms with van der Waals surface area (Å²) in [5.74, 6) is -0.910. The van der Waals surface area contributed by atoms with Crippen molar-refractivity contribution in [1.29, 1.82) is 0 Å². The number of rotatable bonds is 4. The molecule has 2 atom stereocenters. The zero-order chi connectivity index (χ0) is 14.7. The van der Waals surface area contributed by atoms with Gasteiger partial charge in [0.25, 0.3) is 5.91 Å². The van der Waals surface area contributed by atoms with Crippen LogP contribution >= 0.6 is 11.3 Å². The minimum Gasteiger partial charge on any atom is -0.478 e. The molecule has 1 aromatic heterocycles. The molecule has 20 heavy (non-hydrogen) atoms. The van der Waals surface area contributed by atoms with Gasteiger partial charge in [0.2, 0.25) is 0 Å². The lowest BCUT2D eigenvalue weighted by Gasteiger charge is -2.27. The van der Waals surface area contributed by atoms with E-state index in [9.17, 15) is 9.59 Å². The molecule has 1 aromatic rings. The average molecular weight is 293 g/mol. The lowest BCUT2D eigenvalue weighted by Crippen LogP contribution is -2.39. The van der Waals surface area contributed by atoms with Gasteiger partial charge in [0.15, 0.2) is 0 Å². The van der Waals surface area contributed by atoms with E-state index in [1.54, 1.807) is 12.1 Å². The van der Waals surface area contributed by atoms with Crippen LogP contribution in [0.3, 0.4) is 0 Å². The van der Waals surface area contributed by atoms with Crippen molar-refractivity contribution >= 4 is 29.3 Å². The Labute approximate surface area is 122 Å². The minimum atomic E-state index is -0.981. The van der Waals surface area contributed by atoms with Crippen molar-refractivity contribution in [1.82, 2.24) is 4.90 Å². The molecule has 4 nitrogen and oxygen atoms in total. The number of hydrogen-bond donors (Lipinski definition) is 1. The molecule has 1 amide bonds. The quantitative estimate of drug-likeness (QED) is 0.867. The van der Waals surface area contributed by atoms with Crippen molar-refractivity contribution in [3.63, 3.8) is 0 Å². The van der Waals surface area contributed by atoms with Crippen LogP contribution in [0.25, 0.3) is 6.08 Å². The maximum atomic E-state index is 12.6. The highest BCUT2D eigenvalue weighted by atomic mass is 32.1. The van der Waals surface area contributed by atoms with Crippen LogP contribution in [-0.4, -0.2) is 34.0 Å². The van der Waals surface area contributed by atoms with Crippen LogP contribution in [0.1, 0.15) is 47.7 Å². The van der Waals surface area contributed by atoms with E-state index in [4.69, 9.17) is 5.11 Å². The Bertz CT molecular complexity index is 535. The van der Waals surface area contributed by atoms with E-state index in [2.05, 4.69) is 13.8 Å². The topological polar surface area (TPSA) is 57.6 Å². The fourth-order valence-corrected chi connectivity index (χ4v) is 3.53. The number of carboxylic acid groups (broad SMARTS) is 1. The van der Waals surface area contributed by atoms with Gasteiger partial charge in [-0.2, -0.15) is 0 Å². The zero-order valence-electron chi connectivity index (χ0n) is 11.7. The maximum absolute atomic E-state index is 12.6. The zero-order valence-corrected chi connectivity index (χ0v) is 12.5. The van der Waals surface area contributed by atoms with Crippen molar-refractivity contribution in [3.8, 4) is 0 Å². The highest BCUT2D eigenvalue weighted by Crippen LogP contribution is 2.30. The summed E-state index contributed by atoms with van der Waals surface area (Å²) in [6, 6.07) is 4.19. The van der Waals surface area contributed by atoms with E-state index in [0.717, 1.165) is 30.2 Å². The molecular weight excluding hydrogens is 274 g/mol. The van der Waals surface area contributed by atoms with Crippen molar-refractivity contribution in [3.05, 3.63) is 28.0 Å². The van der Waals surface area contributed by atoms with E-state index in [0.29, 0.717) is 10.9 Å². The summed E-state index contributed by atoms with van der Waals surface area (Å²) >= 11 is 1.34. The minimum absolute atomic E-state index is 0.0711. The van der Waals surface area contributed by atoms with Gasteiger partial charge in [-0.1, -0.05) is 6.92 Å². The Kier molecular flexibility index (Phi) is 4.60. The average Bonchev–Trinajstić information content (AvgIpc) is 3.02. The summed E-state index contributed by atoms with van der Waals surface area (Å²) in [4.78, 5) is 26.5. The molecule has 108 valence electrons. The Morgan fingerprint density at radius 2 is 2.20 bits per heavy atom. The number of carbonyl (C=O) groups is 2. The summed E-state index contributed by atoms with van der Waals surface area (Å²) < 4.78 is 0. The fourth-order valence-electron chi connectivity index (χ4n) is 2.68. The van der Waals surface area contributed by atoms with Crippen LogP contribution in [0.4, 0.5) is 0 Å². The Hall–Kier alpha value is -1.62. The van der Waals surface area contributed by atoms with Gasteiger partial charge in [-0.3, -0.25) is 4.79 Å². The largest absolute Gasteiger partial charge is 0.478 e. The molecule has 5 heteroatoms. The smallest absolute Gasteiger partial charge is 0.328 e. The van der Waals surface area contributed by atoms with Crippen LogP contribution < -0.4 is 0 Å². The number of carboxylic acids is 1. The van der Waals surface area contributed by atoms with Crippen LogP contribution in [-0.2, 0) is 4.79 Å². The molecule has 0 radical (unpaired) electrons. The van der Waals surface area contributed by atoms with Crippen molar-refractivity contribution in [2.75, 3.05) is 0 Å². The van der Waals surface area contributed by atoms with Gasteiger partial charge in [0, 0.05) is 23.0 Å². The SMILES string of the molecule is CCC1CCC(C)N1C(=O)c1ccc(/C=C/C(=O)O)s1. The maximum Gasteiger partial charge on any atom is 0.328 e. The number of likely N-dealkylation sites (tertiary alicyclic amines) is 1. The second-order valence-electron chi connectivity index (χ2n) is 5.07. The van der Waals surface area contributed by atoms with Gasteiger partial charge in [-0.15, -0.1) is 11.3 Å². The first-order valence-corrected chi connectivity index (χ1v) is 7.68. The highest BCUT2D eigenvalue weighted by Gasteiger charge is 2.34. The van der Waals surface area contributed by atoms with Gasteiger partial charge in [0.1, 0.15) is 0 Å². The van der Waals surface area contributed by atoms with E-state index in [-0.39, 0.29) is 11.9 Å². The lowest BCUT2D eigenvalue weighted by atomic mass is 10.1.